The second-order valence-corrected chi connectivity index (χ2v) is 5.78. The summed E-state index contributed by atoms with van der Waals surface area (Å²) in [5, 5.41) is 2.70. The van der Waals surface area contributed by atoms with E-state index in [1.807, 2.05) is 78.9 Å². The molecule has 0 saturated carbocycles. The molecule has 0 aliphatic heterocycles. The maximum Gasteiger partial charge on any atom is 0.318 e. The highest BCUT2D eigenvalue weighted by Crippen LogP contribution is 2.25. The molecular weight excluding hydrogens is 326 g/mol. The predicted molar refractivity (Wildman–Crippen MR) is 101 cm³/mol. The van der Waals surface area contributed by atoms with Crippen molar-refractivity contribution in [1.29, 1.82) is 0 Å². The van der Waals surface area contributed by atoms with Crippen LogP contribution >= 0.6 is 0 Å². The van der Waals surface area contributed by atoms with E-state index in [4.69, 9.17) is 4.74 Å². The van der Waals surface area contributed by atoms with E-state index in [9.17, 15) is 9.59 Å². The summed E-state index contributed by atoms with van der Waals surface area (Å²) in [5.41, 5.74) is 2.32. The number of hydrogen-bond donors (Lipinski definition) is 1. The van der Waals surface area contributed by atoms with Gasteiger partial charge in [0, 0.05) is 5.69 Å². The van der Waals surface area contributed by atoms with Crippen LogP contribution < -0.4 is 5.32 Å². The van der Waals surface area contributed by atoms with E-state index in [1.54, 1.807) is 12.1 Å². The van der Waals surface area contributed by atoms with Crippen LogP contribution in [0, 0.1) is 0 Å². The van der Waals surface area contributed by atoms with Crippen molar-refractivity contribution in [3.8, 4) is 0 Å². The summed E-state index contributed by atoms with van der Waals surface area (Å²) in [7, 11) is 0. The molecule has 26 heavy (non-hydrogen) atoms. The molecular formula is C22H19NO3. The Bertz CT molecular complexity index is 809. The van der Waals surface area contributed by atoms with Crippen LogP contribution in [0.15, 0.2) is 91.0 Å². The van der Waals surface area contributed by atoms with Gasteiger partial charge >= 0.3 is 5.97 Å². The SMILES string of the molecule is O=C(COC(=O)C(c1ccccc1)c1ccccc1)Nc1ccccc1. The van der Waals surface area contributed by atoms with E-state index >= 15 is 0 Å². The third kappa shape index (κ3) is 4.57. The molecule has 0 saturated heterocycles. The molecule has 0 bridgehead atoms. The molecule has 0 aliphatic rings. The molecule has 130 valence electrons. The van der Waals surface area contributed by atoms with E-state index in [-0.39, 0.29) is 12.5 Å². The molecule has 0 atom stereocenters. The van der Waals surface area contributed by atoms with Gasteiger partial charge in [0.15, 0.2) is 6.61 Å². The molecule has 4 heteroatoms. The fourth-order valence-corrected chi connectivity index (χ4v) is 2.69. The van der Waals surface area contributed by atoms with Gasteiger partial charge in [-0.2, -0.15) is 0 Å². The lowest BCUT2D eigenvalue weighted by atomic mass is 9.91. The zero-order valence-electron chi connectivity index (χ0n) is 14.2. The Morgan fingerprint density at radius 2 is 1.19 bits per heavy atom. The molecule has 0 unspecified atom stereocenters. The molecule has 3 aromatic carbocycles. The van der Waals surface area contributed by atoms with Crippen LogP contribution in [0.1, 0.15) is 17.0 Å². The number of ether oxygens (including phenoxy) is 1. The maximum atomic E-state index is 12.7. The standard InChI is InChI=1S/C22H19NO3/c24-20(23-19-14-8-3-9-15-19)16-26-22(25)21(17-10-4-1-5-11-17)18-12-6-2-7-13-18/h1-15,21H,16H2,(H,23,24). The molecule has 0 aliphatic carbocycles. The van der Waals surface area contributed by atoms with Gasteiger partial charge in [0.2, 0.25) is 0 Å². The smallest absolute Gasteiger partial charge is 0.318 e. The fourth-order valence-electron chi connectivity index (χ4n) is 2.69. The van der Waals surface area contributed by atoms with Gasteiger partial charge in [0.05, 0.1) is 0 Å². The summed E-state index contributed by atoms with van der Waals surface area (Å²) >= 11 is 0. The molecule has 4 nitrogen and oxygen atoms in total. The molecule has 3 aromatic rings. The highest BCUT2D eigenvalue weighted by Gasteiger charge is 2.24. The lowest BCUT2D eigenvalue weighted by Crippen LogP contribution is -2.24. The summed E-state index contributed by atoms with van der Waals surface area (Å²) in [6.45, 7) is -0.329. The summed E-state index contributed by atoms with van der Waals surface area (Å²) < 4.78 is 5.30. The summed E-state index contributed by atoms with van der Waals surface area (Å²) in [4.78, 5) is 24.7. The lowest BCUT2D eigenvalue weighted by Gasteiger charge is -2.17. The minimum Gasteiger partial charge on any atom is -0.455 e. The number of anilines is 1. The largest absolute Gasteiger partial charge is 0.455 e. The second-order valence-electron chi connectivity index (χ2n) is 5.78. The minimum atomic E-state index is -0.568. The molecule has 3 rings (SSSR count). The van der Waals surface area contributed by atoms with Crippen molar-refractivity contribution in [3.05, 3.63) is 102 Å². The van der Waals surface area contributed by atoms with Gasteiger partial charge in [-0.05, 0) is 23.3 Å². The van der Waals surface area contributed by atoms with E-state index in [0.717, 1.165) is 11.1 Å². The number of esters is 1. The number of rotatable bonds is 6. The third-order valence-corrected chi connectivity index (χ3v) is 3.90. The quantitative estimate of drug-likeness (QED) is 0.687. The summed E-state index contributed by atoms with van der Waals surface area (Å²) in [6, 6.07) is 27.9. The molecule has 0 fully saturated rings. The van der Waals surface area contributed by atoms with Gasteiger partial charge in [0.25, 0.3) is 5.91 Å². The van der Waals surface area contributed by atoms with Crippen molar-refractivity contribution in [2.24, 2.45) is 0 Å². The van der Waals surface area contributed by atoms with E-state index < -0.39 is 11.9 Å². The molecule has 1 N–H and O–H groups in total. The first-order valence-corrected chi connectivity index (χ1v) is 8.35. The Hall–Kier alpha value is -3.40. The van der Waals surface area contributed by atoms with Gasteiger partial charge < -0.3 is 10.1 Å². The van der Waals surface area contributed by atoms with Crippen molar-refractivity contribution in [3.63, 3.8) is 0 Å². The number of carbonyl (C=O) groups excluding carboxylic acids is 2. The van der Waals surface area contributed by atoms with Gasteiger partial charge in [-0.1, -0.05) is 78.9 Å². The average Bonchev–Trinajstić information content (AvgIpc) is 2.69. The first-order valence-electron chi connectivity index (χ1n) is 8.35. The monoisotopic (exact) mass is 345 g/mol. The number of hydrogen-bond acceptors (Lipinski definition) is 3. The minimum absolute atomic E-state index is 0.329. The Morgan fingerprint density at radius 3 is 1.69 bits per heavy atom. The second kappa shape index (κ2) is 8.62. The zero-order valence-corrected chi connectivity index (χ0v) is 14.2. The number of carbonyl (C=O) groups is 2. The Labute approximate surface area is 152 Å². The maximum absolute atomic E-state index is 12.7. The van der Waals surface area contributed by atoms with Gasteiger partial charge in [-0.15, -0.1) is 0 Å². The van der Waals surface area contributed by atoms with Crippen molar-refractivity contribution in [1.82, 2.24) is 0 Å². The third-order valence-electron chi connectivity index (χ3n) is 3.90. The van der Waals surface area contributed by atoms with E-state index in [2.05, 4.69) is 5.32 Å². The number of nitrogens with one attached hydrogen (secondary N) is 1. The Kier molecular flexibility index (Phi) is 5.78. The van der Waals surface area contributed by atoms with Gasteiger partial charge in [-0.25, -0.2) is 0 Å². The van der Waals surface area contributed by atoms with Crippen molar-refractivity contribution >= 4 is 17.6 Å². The fraction of sp³-hybridized carbons (Fsp3) is 0.0909. The van der Waals surface area contributed by atoms with Crippen LogP contribution in [0.2, 0.25) is 0 Å². The Balaban J connectivity index is 1.69. The lowest BCUT2D eigenvalue weighted by molar-refractivity contribution is -0.147. The van der Waals surface area contributed by atoms with E-state index in [0.29, 0.717) is 5.69 Å². The molecule has 0 aromatic heterocycles. The van der Waals surface area contributed by atoms with Gasteiger partial charge in [-0.3, -0.25) is 9.59 Å². The topological polar surface area (TPSA) is 55.4 Å². The number of para-hydroxylation sites is 1. The normalized spacial score (nSPS) is 10.3. The van der Waals surface area contributed by atoms with Crippen LogP contribution in [0.5, 0.6) is 0 Å². The summed E-state index contributed by atoms with van der Waals surface area (Å²) in [6.07, 6.45) is 0. The first kappa shape index (κ1) is 17.4. The average molecular weight is 345 g/mol. The van der Waals surface area contributed by atoms with E-state index in [1.165, 1.54) is 0 Å². The highest BCUT2D eigenvalue weighted by molar-refractivity contribution is 5.93. The van der Waals surface area contributed by atoms with Crippen LogP contribution in [-0.4, -0.2) is 18.5 Å². The molecule has 0 heterocycles. The predicted octanol–water partition coefficient (Wildman–Crippen LogP) is 4.00. The molecule has 0 spiro atoms. The number of benzene rings is 3. The van der Waals surface area contributed by atoms with Crippen molar-refractivity contribution < 1.29 is 14.3 Å². The Morgan fingerprint density at radius 1 is 0.731 bits per heavy atom. The molecule has 1 amide bonds. The van der Waals surface area contributed by atoms with Gasteiger partial charge in [0.1, 0.15) is 5.92 Å². The van der Waals surface area contributed by atoms with Crippen molar-refractivity contribution in [2.75, 3.05) is 11.9 Å². The van der Waals surface area contributed by atoms with Crippen LogP contribution in [-0.2, 0) is 14.3 Å². The summed E-state index contributed by atoms with van der Waals surface area (Å²) in [5.74, 6) is -1.39. The van der Waals surface area contributed by atoms with Crippen molar-refractivity contribution in [2.45, 2.75) is 5.92 Å². The highest BCUT2D eigenvalue weighted by atomic mass is 16.5. The van der Waals surface area contributed by atoms with Crippen LogP contribution in [0.3, 0.4) is 0 Å². The molecule has 0 radical (unpaired) electrons. The zero-order chi connectivity index (χ0) is 18.2. The number of amides is 1. The first-order chi connectivity index (χ1) is 12.7. The van der Waals surface area contributed by atoms with Crippen LogP contribution in [0.4, 0.5) is 5.69 Å². The van der Waals surface area contributed by atoms with Crippen LogP contribution in [0.25, 0.3) is 0 Å².